The van der Waals surface area contributed by atoms with Gasteiger partial charge in [-0.1, -0.05) is 139 Å². The molecule has 4 nitrogen and oxygen atoms in total. The molecular weight excluding hydrogens is 695 g/mol. The fourth-order valence-corrected chi connectivity index (χ4v) is 7.85. The lowest BCUT2D eigenvalue weighted by Crippen LogP contribution is -2.11. The average Bonchev–Trinajstić information content (AvgIpc) is 3.60. The van der Waals surface area contributed by atoms with E-state index < -0.39 is 0 Å². The molecular formula is C53H51N3O. The second-order valence-corrected chi connectivity index (χ2v) is 17.0. The number of para-hydroxylation sites is 1. The van der Waals surface area contributed by atoms with Gasteiger partial charge < -0.3 is 5.11 Å². The Labute approximate surface area is 337 Å². The zero-order valence-electron chi connectivity index (χ0n) is 34.3. The molecule has 0 radical (unpaired) electrons. The molecule has 6 aromatic carbocycles. The number of imidazole rings is 1. The predicted octanol–water partition coefficient (Wildman–Crippen LogP) is 14.3. The van der Waals surface area contributed by atoms with Crippen molar-refractivity contribution >= 4 is 11.0 Å². The monoisotopic (exact) mass is 745 g/mol. The first-order chi connectivity index (χ1) is 27.4. The van der Waals surface area contributed by atoms with E-state index in [2.05, 4.69) is 193 Å². The Morgan fingerprint density at radius 1 is 0.579 bits per heavy atom. The minimum atomic E-state index is -0.119. The van der Waals surface area contributed by atoms with Crippen LogP contribution in [-0.2, 0) is 5.41 Å². The van der Waals surface area contributed by atoms with Gasteiger partial charge in [-0.3, -0.25) is 9.55 Å². The second kappa shape index (κ2) is 15.0. The highest BCUT2D eigenvalue weighted by Gasteiger charge is 2.25. The maximum absolute atomic E-state index is 12.1. The van der Waals surface area contributed by atoms with Crippen LogP contribution >= 0.6 is 0 Å². The SMILES string of the molecule is Cc1cc(-c2ccccc2)cc(-n2c(-c3cc(C(C)C)cc(C(C)C)c3O)nc3c(-c4cc(-c5cc(-c6ccccc6)ccn5)cc(C(C)(C)C)c4)cccc32)c1. The molecule has 2 heterocycles. The first kappa shape index (κ1) is 37.7. The fourth-order valence-electron chi connectivity index (χ4n) is 7.85. The van der Waals surface area contributed by atoms with E-state index in [0.29, 0.717) is 5.82 Å². The largest absolute Gasteiger partial charge is 0.507 e. The number of aryl methyl sites for hydroxylation is 1. The van der Waals surface area contributed by atoms with Gasteiger partial charge in [0.1, 0.15) is 11.6 Å². The molecule has 0 fully saturated rings. The maximum Gasteiger partial charge on any atom is 0.149 e. The molecule has 4 heteroatoms. The summed E-state index contributed by atoms with van der Waals surface area (Å²) >= 11 is 0. The third kappa shape index (κ3) is 7.40. The van der Waals surface area contributed by atoms with E-state index in [1.165, 1.54) is 11.1 Å². The summed E-state index contributed by atoms with van der Waals surface area (Å²) in [6.45, 7) is 17.6. The van der Waals surface area contributed by atoms with Gasteiger partial charge >= 0.3 is 0 Å². The molecule has 8 rings (SSSR count). The summed E-state index contributed by atoms with van der Waals surface area (Å²) in [5.41, 5.74) is 16.6. The zero-order valence-corrected chi connectivity index (χ0v) is 34.3. The van der Waals surface area contributed by atoms with Crippen molar-refractivity contribution in [3.05, 3.63) is 168 Å². The van der Waals surface area contributed by atoms with Gasteiger partial charge in [-0.25, -0.2) is 4.98 Å². The Balaban J connectivity index is 1.41. The lowest BCUT2D eigenvalue weighted by Gasteiger charge is -2.22. The van der Waals surface area contributed by atoms with E-state index in [-0.39, 0.29) is 23.0 Å². The summed E-state index contributed by atoms with van der Waals surface area (Å²) in [4.78, 5) is 10.5. The summed E-state index contributed by atoms with van der Waals surface area (Å²) in [6, 6.07) is 49.6. The third-order valence-electron chi connectivity index (χ3n) is 11.1. The first-order valence-corrected chi connectivity index (χ1v) is 20.1. The standard InChI is InChI=1S/C53H51N3O/c1-33(2)39-30-46(34(3)4)51(57)47(31-39)52-55-50-45(20-15-21-49(50)56(52)44-25-35(5)24-40(29-44)37-18-13-10-14-19-37)41-26-42(28-43(27-41)53(6,7)8)48-32-38(22-23-54-48)36-16-11-9-12-17-36/h9-34,57H,1-8H3. The van der Waals surface area contributed by atoms with Crippen LogP contribution in [0.5, 0.6) is 5.75 Å². The lowest BCUT2D eigenvalue weighted by molar-refractivity contribution is 0.466. The number of nitrogens with zero attached hydrogens (tertiary/aromatic N) is 3. The van der Waals surface area contributed by atoms with Crippen LogP contribution in [0.4, 0.5) is 0 Å². The van der Waals surface area contributed by atoms with Gasteiger partial charge in [0.2, 0.25) is 0 Å². The highest BCUT2D eigenvalue weighted by Crippen LogP contribution is 2.43. The Morgan fingerprint density at radius 2 is 1.26 bits per heavy atom. The predicted molar refractivity (Wildman–Crippen MR) is 239 cm³/mol. The van der Waals surface area contributed by atoms with E-state index in [4.69, 9.17) is 9.97 Å². The quantitative estimate of drug-likeness (QED) is 0.168. The zero-order chi connectivity index (χ0) is 40.0. The van der Waals surface area contributed by atoms with Crippen LogP contribution in [-0.4, -0.2) is 19.6 Å². The molecule has 0 unspecified atom stereocenters. The number of rotatable bonds is 8. The van der Waals surface area contributed by atoms with E-state index in [1.807, 2.05) is 12.3 Å². The Kier molecular flexibility index (Phi) is 9.91. The number of fused-ring (bicyclic) bond motifs is 1. The number of phenolic OH excluding ortho intramolecular Hbond substituents is 1. The topological polar surface area (TPSA) is 50.9 Å². The molecule has 57 heavy (non-hydrogen) atoms. The third-order valence-corrected chi connectivity index (χ3v) is 11.1. The van der Waals surface area contributed by atoms with Gasteiger partial charge in [0.15, 0.2) is 0 Å². The van der Waals surface area contributed by atoms with Crippen molar-refractivity contribution in [3.8, 4) is 67.5 Å². The Morgan fingerprint density at radius 3 is 1.93 bits per heavy atom. The number of phenols is 1. The van der Waals surface area contributed by atoms with Gasteiger partial charge in [0.05, 0.1) is 22.3 Å². The molecule has 0 spiro atoms. The van der Waals surface area contributed by atoms with E-state index in [0.717, 1.165) is 78.0 Å². The van der Waals surface area contributed by atoms with Crippen molar-refractivity contribution in [2.24, 2.45) is 0 Å². The summed E-state index contributed by atoms with van der Waals surface area (Å²) in [5.74, 6) is 1.40. The molecule has 0 atom stereocenters. The lowest BCUT2D eigenvalue weighted by atomic mass is 9.83. The summed E-state index contributed by atoms with van der Waals surface area (Å²) < 4.78 is 2.25. The number of pyridine rings is 1. The van der Waals surface area contributed by atoms with Gasteiger partial charge in [-0.2, -0.15) is 0 Å². The summed E-state index contributed by atoms with van der Waals surface area (Å²) in [6.07, 6.45) is 1.91. The van der Waals surface area contributed by atoms with E-state index in [1.54, 1.807) is 0 Å². The van der Waals surface area contributed by atoms with Crippen molar-refractivity contribution in [1.82, 2.24) is 14.5 Å². The van der Waals surface area contributed by atoms with Gasteiger partial charge in [0, 0.05) is 23.0 Å². The smallest absolute Gasteiger partial charge is 0.149 e. The fraction of sp³-hybridized carbons (Fsp3) is 0.208. The number of benzene rings is 6. The van der Waals surface area contributed by atoms with Crippen LogP contribution in [0, 0.1) is 6.92 Å². The molecule has 0 saturated heterocycles. The van der Waals surface area contributed by atoms with Crippen molar-refractivity contribution in [2.75, 3.05) is 0 Å². The molecule has 8 aromatic rings. The average molecular weight is 746 g/mol. The number of aromatic hydroxyl groups is 1. The molecule has 0 aliphatic rings. The molecule has 0 bridgehead atoms. The van der Waals surface area contributed by atoms with Crippen LogP contribution < -0.4 is 0 Å². The maximum atomic E-state index is 12.1. The van der Waals surface area contributed by atoms with Crippen LogP contribution in [0.25, 0.3) is 72.7 Å². The summed E-state index contributed by atoms with van der Waals surface area (Å²) in [7, 11) is 0. The van der Waals surface area contributed by atoms with Crippen LogP contribution in [0.15, 0.2) is 146 Å². The molecule has 0 saturated carbocycles. The molecule has 0 amide bonds. The van der Waals surface area contributed by atoms with Gasteiger partial charge in [-0.05, 0) is 123 Å². The van der Waals surface area contributed by atoms with E-state index >= 15 is 0 Å². The van der Waals surface area contributed by atoms with Gasteiger partial charge in [0.25, 0.3) is 0 Å². The van der Waals surface area contributed by atoms with Gasteiger partial charge in [-0.15, -0.1) is 0 Å². The van der Waals surface area contributed by atoms with Crippen molar-refractivity contribution in [3.63, 3.8) is 0 Å². The Bertz CT molecular complexity index is 2730. The number of aromatic nitrogens is 3. The van der Waals surface area contributed by atoms with Crippen LogP contribution in [0.2, 0.25) is 0 Å². The van der Waals surface area contributed by atoms with Crippen molar-refractivity contribution in [2.45, 2.75) is 72.6 Å². The van der Waals surface area contributed by atoms with Crippen LogP contribution in [0.3, 0.4) is 0 Å². The highest BCUT2D eigenvalue weighted by atomic mass is 16.3. The first-order valence-electron chi connectivity index (χ1n) is 20.1. The molecule has 2 aromatic heterocycles. The normalized spacial score (nSPS) is 11.9. The molecule has 0 aliphatic carbocycles. The molecule has 284 valence electrons. The molecule has 1 N–H and O–H groups in total. The highest BCUT2D eigenvalue weighted by molar-refractivity contribution is 5.97. The Hall–Kier alpha value is -6.26. The van der Waals surface area contributed by atoms with Crippen LogP contribution in [0.1, 0.15) is 82.6 Å². The minimum absolute atomic E-state index is 0.119. The van der Waals surface area contributed by atoms with Crippen molar-refractivity contribution < 1.29 is 5.11 Å². The number of hydrogen-bond donors (Lipinski definition) is 1. The van der Waals surface area contributed by atoms with E-state index in [9.17, 15) is 5.11 Å². The summed E-state index contributed by atoms with van der Waals surface area (Å²) in [5, 5.41) is 12.1. The number of hydrogen-bond acceptors (Lipinski definition) is 3. The van der Waals surface area contributed by atoms with Crippen molar-refractivity contribution in [1.29, 1.82) is 0 Å². The minimum Gasteiger partial charge on any atom is -0.507 e. The second-order valence-electron chi connectivity index (χ2n) is 17.0. The molecule has 0 aliphatic heterocycles.